The van der Waals surface area contributed by atoms with Crippen LogP contribution in [0.25, 0.3) is 6.08 Å². The monoisotopic (exact) mass is 388 g/mol. The molecule has 0 atom stereocenters. The summed E-state index contributed by atoms with van der Waals surface area (Å²) in [5, 5.41) is 11.0. The van der Waals surface area contributed by atoms with Crippen molar-refractivity contribution in [2.24, 2.45) is 4.99 Å². The van der Waals surface area contributed by atoms with Gasteiger partial charge >= 0.3 is 0 Å². The Morgan fingerprint density at radius 3 is 2.85 bits per heavy atom. The second-order valence-electron chi connectivity index (χ2n) is 5.51. The molecule has 1 aliphatic rings. The third-order valence-electron chi connectivity index (χ3n) is 3.62. The number of carbonyl (C=O) groups is 1. The van der Waals surface area contributed by atoms with Crippen molar-refractivity contribution in [3.63, 3.8) is 0 Å². The Balaban J connectivity index is 1.89. The molecule has 1 N–H and O–H groups in total. The van der Waals surface area contributed by atoms with Gasteiger partial charge in [-0.2, -0.15) is 0 Å². The van der Waals surface area contributed by atoms with Gasteiger partial charge in [0.15, 0.2) is 16.7 Å². The van der Waals surface area contributed by atoms with Gasteiger partial charge in [0.1, 0.15) is 0 Å². The first-order valence-corrected chi connectivity index (χ1v) is 9.15. The molecule has 1 fully saturated rings. The van der Waals surface area contributed by atoms with E-state index in [1.807, 2.05) is 19.1 Å². The van der Waals surface area contributed by atoms with Gasteiger partial charge in [-0.25, -0.2) is 4.99 Å². The standard InChI is InChI=1S/C19H17ClN2O3S/c1-3-25-16-9-12(7-8-15(16)23)10-17-18(24)22(2)19(26-17)21-14-6-4-5-13(20)11-14/h4-11,23H,3H2,1-2H3/b17-10+,21-19?. The van der Waals surface area contributed by atoms with E-state index in [1.54, 1.807) is 43.5 Å². The van der Waals surface area contributed by atoms with Crippen LogP contribution in [0.3, 0.4) is 0 Å². The Kier molecular flexibility index (Phi) is 5.54. The van der Waals surface area contributed by atoms with Crippen molar-refractivity contribution < 1.29 is 14.6 Å². The van der Waals surface area contributed by atoms with Crippen LogP contribution in [0, 0.1) is 0 Å². The zero-order chi connectivity index (χ0) is 18.7. The lowest BCUT2D eigenvalue weighted by Gasteiger charge is -2.07. The maximum Gasteiger partial charge on any atom is 0.266 e. The lowest BCUT2D eigenvalue weighted by atomic mass is 10.2. The summed E-state index contributed by atoms with van der Waals surface area (Å²) < 4.78 is 5.38. The predicted octanol–water partition coefficient (Wildman–Crippen LogP) is 4.68. The maximum atomic E-state index is 12.5. The average Bonchev–Trinajstić information content (AvgIpc) is 2.86. The number of benzene rings is 2. The molecule has 26 heavy (non-hydrogen) atoms. The van der Waals surface area contributed by atoms with Crippen LogP contribution < -0.4 is 4.74 Å². The van der Waals surface area contributed by atoms with Crippen molar-refractivity contribution >= 4 is 46.2 Å². The van der Waals surface area contributed by atoms with E-state index in [0.29, 0.717) is 33.1 Å². The van der Waals surface area contributed by atoms with E-state index in [1.165, 1.54) is 16.7 Å². The van der Waals surface area contributed by atoms with Crippen LogP contribution in [0.15, 0.2) is 52.4 Å². The molecule has 1 saturated heterocycles. The average molecular weight is 389 g/mol. The number of nitrogens with zero attached hydrogens (tertiary/aromatic N) is 2. The van der Waals surface area contributed by atoms with Crippen molar-refractivity contribution in [1.82, 2.24) is 4.90 Å². The van der Waals surface area contributed by atoms with E-state index >= 15 is 0 Å². The van der Waals surface area contributed by atoms with E-state index in [4.69, 9.17) is 16.3 Å². The first kappa shape index (κ1) is 18.4. The highest BCUT2D eigenvalue weighted by atomic mass is 35.5. The number of hydrogen-bond acceptors (Lipinski definition) is 5. The zero-order valence-electron chi connectivity index (χ0n) is 14.3. The number of phenolic OH excluding ortho intramolecular Hbond substituents is 1. The van der Waals surface area contributed by atoms with Gasteiger partial charge in [-0.3, -0.25) is 9.69 Å². The number of amidine groups is 1. The molecule has 0 radical (unpaired) electrons. The lowest BCUT2D eigenvalue weighted by molar-refractivity contribution is -0.121. The van der Waals surface area contributed by atoms with Crippen LogP contribution in [0.4, 0.5) is 5.69 Å². The number of likely N-dealkylation sites (N-methyl/N-ethyl adjacent to an activating group) is 1. The molecule has 0 bridgehead atoms. The van der Waals surface area contributed by atoms with Crippen LogP contribution in [0.1, 0.15) is 12.5 Å². The Labute approximate surface area is 160 Å². The molecule has 0 saturated carbocycles. The molecule has 1 heterocycles. The fraction of sp³-hybridized carbons (Fsp3) is 0.158. The molecule has 5 nitrogen and oxygen atoms in total. The first-order chi connectivity index (χ1) is 12.5. The van der Waals surface area contributed by atoms with Crippen molar-refractivity contribution in [1.29, 1.82) is 0 Å². The van der Waals surface area contributed by atoms with Crippen LogP contribution in [-0.2, 0) is 4.79 Å². The molecule has 1 aliphatic heterocycles. The Morgan fingerprint density at radius 1 is 1.31 bits per heavy atom. The summed E-state index contributed by atoms with van der Waals surface area (Å²) >= 11 is 7.27. The summed E-state index contributed by atoms with van der Waals surface area (Å²) in [5.74, 6) is 0.319. The molecule has 0 spiro atoms. The number of thioether (sulfide) groups is 1. The van der Waals surface area contributed by atoms with E-state index < -0.39 is 0 Å². The molecular weight excluding hydrogens is 372 g/mol. The normalized spacial score (nSPS) is 17.3. The Morgan fingerprint density at radius 2 is 2.12 bits per heavy atom. The number of amides is 1. The molecule has 0 aliphatic carbocycles. The number of ether oxygens (including phenoxy) is 1. The number of rotatable bonds is 4. The summed E-state index contributed by atoms with van der Waals surface area (Å²) in [6, 6.07) is 12.1. The molecule has 3 rings (SSSR count). The van der Waals surface area contributed by atoms with E-state index in [0.717, 1.165) is 5.56 Å². The number of carbonyl (C=O) groups excluding carboxylic acids is 1. The number of hydrogen-bond donors (Lipinski definition) is 1. The minimum Gasteiger partial charge on any atom is -0.504 e. The largest absolute Gasteiger partial charge is 0.504 e. The predicted molar refractivity (Wildman–Crippen MR) is 106 cm³/mol. The summed E-state index contributed by atoms with van der Waals surface area (Å²) in [4.78, 5) is 19.0. The Hall–Kier alpha value is -2.44. The van der Waals surface area contributed by atoms with Gasteiger partial charge in [-0.1, -0.05) is 23.7 Å². The van der Waals surface area contributed by atoms with Crippen LogP contribution >= 0.6 is 23.4 Å². The molecule has 2 aromatic carbocycles. The SMILES string of the molecule is CCOc1cc(/C=C2/SC(=Nc3cccc(Cl)c3)N(C)C2=O)ccc1O. The highest BCUT2D eigenvalue weighted by Crippen LogP contribution is 2.35. The van der Waals surface area contributed by atoms with Crippen LogP contribution in [0.2, 0.25) is 5.02 Å². The van der Waals surface area contributed by atoms with Gasteiger partial charge < -0.3 is 9.84 Å². The van der Waals surface area contributed by atoms with Crippen molar-refractivity contribution in [3.05, 3.63) is 58.0 Å². The minimum atomic E-state index is -0.137. The quantitative estimate of drug-likeness (QED) is 0.772. The molecule has 134 valence electrons. The lowest BCUT2D eigenvalue weighted by Crippen LogP contribution is -2.23. The van der Waals surface area contributed by atoms with Gasteiger partial charge in [0.25, 0.3) is 5.91 Å². The Bertz CT molecular complexity index is 911. The second-order valence-corrected chi connectivity index (χ2v) is 6.95. The molecule has 0 unspecified atom stereocenters. The summed E-state index contributed by atoms with van der Waals surface area (Å²) in [7, 11) is 1.68. The van der Waals surface area contributed by atoms with Gasteiger partial charge in [0.2, 0.25) is 0 Å². The van der Waals surface area contributed by atoms with E-state index in [2.05, 4.69) is 4.99 Å². The zero-order valence-corrected chi connectivity index (χ0v) is 15.8. The van der Waals surface area contributed by atoms with Crippen LogP contribution in [-0.4, -0.2) is 34.7 Å². The van der Waals surface area contributed by atoms with Gasteiger partial charge in [0.05, 0.1) is 17.2 Å². The summed E-state index contributed by atoms with van der Waals surface area (Å²) in [6.45, 7) is 2.29. The van der Waals surface area contributed by atoms with E-state index in [-0.39, 0.29) is 11.7 Å². The highest BCUT2D eigenvalue weighted by molar-refractivity contribution is 8.18. The fourth-order valence-corrected chi connectivity index (χ4v) is 3.52. The van der Waals surface area contributed by atoms with Crippen LogP contribution in [0.5, 0.6) is 11.5 Å². The molecule has 2 aromatic rings. The third-order valence-corrected chi connectivity index (χ3v) is 4.91. The maximum absolute atomic E-state index is 12.5. The second kappa shape index (κ2) is 7.85. The fourth-order valence-electron chi connectivity index (χ4n) is 2.35. The smallest absolute Gasteiger partial charge is 0.266 e. The topological polar surface area (TPSA) is 62.1 Å². The van der Waals surface area contributed by atoms with Crippen molar-refractivity contribution in [3.8, 4) is 11.5 Å². The molecule has 7 heteroatoms. The number of phenols is 1. The first-order valence-electron chi connectivity index (χ1n) is 7.95. The number of aliphatic imine (C=N–C) groups is 1. The van der Waals surface area contributed by atoms with Crippen molar-refractivity contribution in [2.45, 2.75) is 6.92 Å². The van der Waals surface area contributed by atoms with Gasteiger partial charge in [-0.05, 0) is 60.7 Å². The molecule has 1 amide bonds. The summed E-state index contributed by atoms with van der Waals surface area (Å²) in [6.07, 6.45) is 1.76. The summed E-state index contributed by atoms with van der Waals surface area (Å²) in [5.41, 5.74) is 1.45. The van der Waals surface area contributed by atoms with Gasteiger partial charge in [-0.15, -0.1) is 0 Å². The third kappa shape index (κ3) is 4.03. The molecular formula is C19H17ClN2O3S. The molecule has 0 aromatic heterocycles. The number of aromatic hydroxyl groups is 1. The van der Waals surface area contributed by atoms with Gasteiger partial charge in [0, 0.05) is 12.1 Å². The van der Waals surface area contributed by atoms with E-state index in [9.17, 15) is 9.90 Å². The van der Waals surface area contributed by atoms with Crippen molar-refractivity contribution in [2.75, 3.05) is 13.7 Å². The minimum absolute atomic E-state index is 0.0692. The highest BCUT2D eigenvalue weighted by Gasteiger charge is 2.30. The number of halogens is 1.